The van der Waals surface area contributed by atoms with E-state index in [9.17, 15) is 0 Å². The first-order chi connectivity index (χ1) is 14.7. The number of aryl methyl sites for hydroxylation is 2. The van der Waals surface area contributed by atoms with Crippen molar-refractivity contribution in [3.05, 3.63) is 48.0 Å². The first kappa shape index (κ1) is 19.9. The molecule has 4 aromatic heterocycles. The fourth-order valence-corrected chi connectivity index (χ4v) is 4.41. The number of hydrogen-bond donors (Lipinski definition) is 1. The third kappa shape index (κ3) is 3.97. The summed E-state index contributed by atoms with van der Waals surface area (Å²) < 4.78 is 2.02. The van der Waals surface area contributed by atoms with E-state index in [1.165, 1.54) is 0 Å². The van der Waals surface area contributed by atoms with Crippen LogP contribution in [0.25, 0.3) is 28.1 Å². The SMILES string of the molecule is Cc1cn2cc(-c3ccc4nc(N5CCC(NC(C)(C)C)C5)ccc4n3)nc(C)c2n1. The van der Waals surface area contributed by atoms with Crippen LogP contribution >= 0.6 is 0 Å². The van der Waals surface area contributed by atoms with Crippen molar-refractivity contribution < 1.29 is 0 Å². The lowest BCUT2D eigenvalue weighted by molar-refractivity contribution is 0.373. The molecule has 5 rings (SSSR count). The molecule has 1 aliphatic heterocycles. The summed E-state index contributed by atoms with van der Waals surface area (Å²) in [7, 11) is 0. The van der Waals surface area contributed by atoms with E-state index in [-0.39, 0.29) is 5.54 Å². The van der Waals surface area contributed by atoms with Gasteiger partial charge in [0.25, 0.3) is 0 Å². The Morgan fingerprint density at radius 3 is 2.48 bits per heavy atom. The van der Waals surface area contributed by atoms with E-state index in [2.05, 4.69) is 48.1 Å². The molecular formula is C24H29N7. The largest absolute Gasteiger partial charge is 0.355 e. The number of nitrogens with zero attached hydrogens (tertiary/aromatic N) is 6. The van der Waals surface area contributed by atoms with Gasteiger partial charge in [-0.1, -0.05) is 0 Å². The van der Waals surface area contributed by atoms with E-state index < -0.39 is 0 Å². The van der Waals surface area contributed by atoms with Crippen LogP contribution in [0.1, 0.15) is 38.6 Å². The highest BCUT2D eigenvalue weighted by molar-refractivity contribution is 5.79. The lowest BCUT2D eigenvalue weighted by Crippen LogP contribution is -2.44. The summed E-state index contributed by atoms with van der Waals surface area (Å²) in [5.41, 5.74) is 6.36. The Balaban J connectivity index is 1.42. The highest BCUT2D eigenvalue weighted by atomic mass is 15.2. The van der Waals surface area contributed by atoms with Crippen LogP contribution in [0.15, 0.2) is 36.7 Å². The van der Waals surface area contributed by atoms with Gasteiger partial charge in [0.15, 0.2) is 5.65 Å². The smallest absolute Gasteiger partial charge is 0.158 e. The number of hydrogen-bond acceptors (Lipinski definition) is 6. The Labute approximate surface area is 182 Å². The van der Waals surface area contributed by atoms with Gasteiger partial charge < -0.3 is 14.6 Å². The highest BCUT2D eigenvalue weighted by Gasteiger charge is 2.26. The van der Waals surface area contributed by atoms with Gasteiger partial charge in [0, 0.05) is 37.1 Å². The van der Waals surface area contributed by atoms with Crippen LogP contribution < -0.4 is 10.2 Å². The van der Waals surface area contributed by atoms with Gasteiger partial charge in [-0.2, -0.15) is 0 Å². The number of rotatable bonds is 3. The van der Waals surface area contributed by atoms with Crippen molar-refractivity contribution in [2.24, 2.45) is 0 Å². The second kappa shape index (κ2) is 7.27. The van der Waals surface area contributed by atoms with Crippen molar-refractivity contribution in [1.82, 2.24) is 29.7 Å². The van der Waals surface area contributed by atoms with E-state index in [4.69, 9.17) is 15.0 Å². The maximum Gasteiger partial charge on any atom is 0.158 e. The minimum absolute atomic E-state index is 0.128. The van der Waals surface area contributed by atoms with Crippen LogP contribution in [0.4, 0.5) is 5.82 Å². The van der Waals surface area contributed by atoms with Crippen LogP contribution in [0.3, 0.4) is 0 Å². The molecule has 160 valence electrons. The standard InChI is InChI=1S/C24H29N7/c1-15-12-31-14-21(26-16(2)23(31)25-15)20-7-6-19-18(27-20)8-9-22(28-19)30-11-10-17(13-30)29-24(3,4)5/h6-9,12,14,17,29H,10-11,13H2,1-5H3. The van der Waals surface area contributed by atoms with Gasteiger partial charge >= 0.3 is 0 Å². The molecule has 31 heavy (non-hydrogen) atoms. The zero-order valence-corrected chi connectivity index (χ0v) is 18.8. The summed E-state index contributed by atoms with van der Waals surface area (Å²) in [5.74, 6) is 1.02. The van der Waals surface area contributed by atoms with Crippen LogP contribution in [-0.2, 0) is 0 Å². The Kier molecular flexibility index (Phi) is 4.66. The molecule has 0 aliphatic carbocycles. The third-order valence-electron chi connectivity index (χ3n) is 5.67. The van der Waals surface area contributed by atoms with Crippen molar-refractivity contribution in [1.29, 1.82) is 0 Å². The molecule has 0 aromatic carbocycles. The van der Waals surface area contributed by atoms with Crippen molar-refractivity contribution in [2.75, 3.05) is 18.0 Å². The maximum atomic E-state index is 4.89. The summed E-state index contributed by atoms with van der Waals surface area (Å²) in [5, 5.41) is 3.70. The zero-order valence-electron chi connectivity index (χ0n) is 18.8. The van der Waals surface area contributed by atoms with E-state index in [1.807, 2.05) is 42.8 Å². The fourth-order valence-electron chi connectivity index (χ4n) is 4.41. The molecule has 0 bridgehead atoms. The molecule has 1 atom stereocenters. The minimum Gasteiger partial charge on any atom is -0.355 e. The van der Waals surface area contributed by atoms with Gasteiger partial charge in [0.1, 0.15) is 11.5 Å². The maximum absolute atomic E-state index is 4.89. The van der Waals surface area contributed by atoms with E-state index in [1.54, 1.807) is 0 Å². The number of pyridine rings is 2. The second-order valence-corrected chi connectivity index (χ2v) is 9.55. The van der Waals surface area contributed by atoms with Crippen molar-refractivity contribution >= 4 is 22.5 Å². The molecule has 4 aromatic rings. The molecule has 0 spiro atoms. The number of aromatic nitrogens is 5. The quantitative estimate of drug-likeness (QED) is 0.547. The molecule has 1 fully saturated rings. The zero-order chi connectivity index (χ0) is 21.8. The van der Waals surface area contributed by atoms with Gasteiger partial charge in [-0.05, 0) is 65.3 Å². The van der Waals surface area contributed by atoms with E-state index >= 15 is 0 Å². The third-order valence-corrected chi connectivity index (χ3v) is 5.67. The van der Waals surface area contributed by atoms with Crippen molar-refractivity contribution in [2.45, 2.75) is 52.6 Å². The topological polar surface area (TPSA) is 71.2 Å². The van der Waals surface area contributed by atoms with Gasteiger partial charge in [-0.3, -0.25) is 0 Å². The molecule has 1 aliphatic rings. The van der Waals surface area contributed by atoms with Crippen LogP contribution in [0.2, 0.25) is 0 Å². The molecule has 1 saturated heterocycles. The first-order valence-electron chi connectivity index (χ1n) is 10.9. The normalized spacial score (nSPS) is 17.2. The molecule has 0 saturated carbocycles. The van der Waals surface area contributed by atoms with Gasteiger partial charge in [-0.15, -0.1) is 0 Å². The number of anilines is 1. The summed E-state index contributed by atoms with van der Waals surface area (Å²) in [4.78, 5) is 21.4. The Hall–Kier alpha value is -3.06. The predicted molar refractivity (Wildman–Crippen MR) is 124 cm³/mol. The first-order valence-corrected chi connectivity index (χ1v) is 10.9. The molecule has 7 nitrogen and oxygen atoms in total. The van der Waals surface area contributed by atoms with Gasteiger partial charge in [0.05, 0.1) is 28.1 Å². The molecule has 1 unspecified atom stereocenters. The van der Waals surface area contributed by atoms with Crippen LogP contribution in [-0.4, -0.2) is 49.0 Å². The second-order valence-electron chi connectivity index (χ2n) is 9.55. The summed E-state index contributed by atoms with van der Waals surface area (Å²) in [6.45, 7) is 12.6. The Morgan fingerprint density at radius 1 is 0.903 bits per heavy atom. The van der Waals surface area contributed by atoms with Crippen molar-refractivity contribution in [3.8, 4) is 11.4 Å². The Bertz CT molecular complexity index is 1270. The minimum atomic E-state index is 0.128. The number of nitrogens with one attached hydrogen (secondary N) is 1. The molecule has 7 heteroatoms. The number of fused-ring (bicyclic) bond motifs is 2. The fraction of sp³-hybridized carbons (Fsp3) is 0.417. The predicted octanol–water partition coefficient (Wildman–Crippen LogP) is 3.92. The molecule has 1 N–H and O–H groups in total. The van der Waals surface area contributed by atoms with E-state index in [0.29, 0.717) is 6.04 Å². The van der Waals surface area contributed by atoms with Crippen LogP contribution in [0.5, 0.6) is 0 Å². The summed E-state index contributed by atoms with van der Waals surface area (Å²) in [6, 6.07) is 8.69. The molecule has 5 heterocycles. The summed E-state index contributed by atoms with van der Waals surface area (Å²) in [6.07, 6.45) is 5.14. The van der Waals surface area contributed by atoms with E-state index in [0.717, 1.165) is 64.8 Å². The average molecular weight is 416 g/mol. The lowest BCUT2D eigenvalue weighted by Gasteiger charge is -2.26. The van der Waals surface area contributed by atoms with Crippen molar-refractivity contribution in [3.63, 3.8) is 0 Å². The summed E-state index contributed by atoms with van der Waals surface area (Å²) >= 11 is 0. The molecule has 0 amide bonds. The molecular weight excluding hydrogens is 386 g/mol. The molecule has 0 radical (unpaired) electrons. The lowest BCUT2D eigenvalue weighted by atomic mass is 10.1. The van der Waals surface area contributed by atoms with Gasteiger partial charge in [-0.25, -0.2) is 19.9 Å². The average Bonchev–Trinajstić information content (AvgIpc) is 3.32. The van der Waals surface area contributed by atoms with Crippen LogP contribution in [0, 0.1) is 13.8 Å². The van der Waals surface area contributed by atoms with Gasteiger partial charge in [0.2, 0.25) is 0 Å². The Morgan fingerprint density at radius 2 is 1.68 bits per heavy atom. The number of imidazole rings is 1. The monoisotopic (exact) mass is 415 g/mol. The highest BCUT2D eigenvalue weighted by Crippen LogP contribution is 2.25.